The number of carbonyl (C=O) groups is 1. The highest BCUT2D eigenvalue weighted by atomic mass is 35.5. The maximum Gasteiger partial charge on any atom is 0.417 e. The maximum atomic E-state index is 12.8. The molecule has 0 spiro atoms. The largest absolute Gasteiger partial charge is 0.417 e. The minimum Gasteiger partial charge on any atom is -0.353 e. The zero-order valence-corrected chi connectivity index (χ0v) is 17.3. The topological polar surface area (TPSA) is 91.6 Å². The quantitative estimate of drug-likeness (QED) is 0.515. The number of benzene rings is 1. The zero-order chi connectivity index (χ0) is 22.8. The van der Waals surface area contributed by atoms with Crippen LogP contribution in [0.25, 0.3) is 0 Å². The van der Waals surface area contributed by atoms with Gasteiger partial charge in [-0.2, -0.15) is 13.2 Å². The second-order valence-corrected chi connectivity index (χ2v) is 7.57. The summed E-state index contributed by atoms with van der Waals surface area (Å²) in [5, 5.41) is 13.3. The molecule has 0 bridgehead atoms. The van der Waals surface area contributed by atoms with E-state index in [0.29, 0.717) is 26.2 Å². The summed E-state index contributed by atoms with van der Waals surface area (Å²) in [6.45, 7) is 1.81. The number of nitrogens with zero attached hydrogens (tertiary/aromatic N) is 4. The van der Waals surface area contributed by atoms with Gasteiger partial charge in [-0.25, -0.2) is 4.98 Å². The second-order valence-electron chi connectivity index (χ2n) is 6.76. The number of nitro benzene ring substituents is 1. The Kier molecular flexibility index (Phi) is 6.87. The number of hydrogen-bond donors (Lipinski definition) is 1. The molecule has 166 valence electrons. The lowest BCUT2D eigenvalue weighted by Crippen LogP contribution is -2.49. The van der Waals surface area contributed by atoms with E-state index in [-0.39, 0.29) is 39.7 Å². The fraction of sp³-hybridized carbons (Fsp3) is 0.333. The number of carbonyl (C=O) groups excluding carboxylic acids is 1. The molecule has 3 rings (SSSR count). The number of alkyl halides is 3. The molecule has 1 saturated heterocycles. The van der Waals surface area contributed by atoms with Crippen LogP contribution in [0.5, 0.6) is 0 Å². The van der Waals surface area contributed by atoms with E-state index in [0.717, 1.165) is 18.3 Å². The van der Waals surface area contributed by atoms with Gasteiger partial charge in [0.1, 0.15) is 5.82 Å². The van der Waals surface area contributed by atoms with Gasteiger partial charge >= 0.3 is 6.18 Å². The van der Waals surface area contributed by atoms with Crippen molar-refractivity contribution in [1.82, 2.24) is 9.88 Å². The van der Waals surface area contributed by atoms with E-state index in [2.05, 4.69) is 10.3 Å². The first-order valence-electron chi connectivity index (χ1n) is 8.98. The van der Waals surface area contributed by atoms with Crippen LogP contribution in [0.4, 0.5) is 30.4 Å². The van der Waals surface area contributed by atoms with Gasteiger partial charge in [0, 0.05) is 44.5 Å². The van der Waals surface area contributed by atoms with Crippen LogP contribution in [0.3, 0.4) is 0 Å². The Labute approximate surface area is 184 Å². The maximum absolute atomic E-state index is 12.8. The molecule has 0 radical (unpaired) electrons. The fourth-order valence-corrected chi connectivity index (χ4v) is 3.56. The monoisotopic (exact) mass is 477 g/mol. The lowest BCUT2D eigenvalue weighted by atomic mass is 10.2. The molecule has 1 aromatic heterocycles. The van der Waals surface area contributed by atoms with E-state index in [9.17, 15) is 28.1 Å². The van der Waals surface area contributed by atoms with Gasteiger partial charge in [-0.05, 0) is 12.1 Å². The molecule has 0 saturated carbocycles. The lowest BCUT2D eigenvalue weighted by Gasteiger charge is -2.35. The first-order valence-corrected chi connectivity index (χ1v) is 9.74. The molecule has 13 heteroatoms. The molecule has 1 aliphatic heterocycles. The van der Waals surface area contributed by atoms with E-state index in [1.54, 1.807) is 4.90 Å². The number of anilines is 2. The Morgan fingerprint density at radius 1 is 1.16 bits per heavy atom. The van der Waals surface area contributed by atoms with Crippen molar-refractivity contribution in [3.63, 3.8) is 0 Å². The predicted octanol–water partition coefficient (Wildman–Crippen LogP) is 4.08. The molecule has 1 aliphatic rings. The van der Waals surface area contributed by atoms with Gasteiger partial charge in [-0.3, -0.25) is 19.8 Å². The van der Waals surface area contributed by atoms with Crippen LogP contribution in [0.1, 0.15) is 5.56 Å². The average Bonchev–Trinajstić information content (AvgIpc) is 2.69. The Morgan fingerprint density at radius 2 is 1.84 bits per heavy atom. The van der Waals surface area contributed by atoms with Crippen molar-refractivity contribution in [2.24, 2.45) is 0 Å². The summed E-state index contributed by atoms with van der Waals surface area (Å²) in [6, 6.07) is 4.59. The Hall–Kier alpha value is -2.63. The van der Waals surface area contributed by atoms with Crippen LogP contribution in [0, 0.1) is 10.1 Å². The summed E-state index contributed by atoms with van der Waals surface area (Å²) in [7, 11) is 0. The molecule has 1 aromatic carbocycles. The van der Waals surface area contributed by atoms with Crippen LogP contribution in [0.15, 0.2) is 30.5 Å². The Balaban J connectivity index is 1.54. The Bertz CT molecular complexity index is 998. The number of pyridine rings is 1. The van der Waals surface area contributed by atoms with Crippen molar-refractivity contribution in [3.8, 4) is 0 Å². The molecule has 0 aliphatic carbocycles. The van der Waals surface area contributed by atoms with Crippen molar-refractivity contribution in [2.45, 2.75) is 6.18 Å². The predicted molar refractivity (Wildman–Crippen MR) is 110 cm³/mol. The zero-order valence-electron chi connectivity index (χ0n) is 15.8. The highest BCUT2D eigenvalue weighted by molar-refractivity contribution is 6.34. The lowest BCUT2D eigenvalue weighted by molar-refractivity contribution is -0.384. The van der Waals surface area contributed by atoms with Gasteiger partial charge in [-0.1, -0.05) is 23.2 Å². The van der Waals surface area contributed by atoms with Crippen LogP contribution in [-0.2, 0) is 11.0 Å². The van der Waals surface area contributed by atoms with Crippen molar-refractivity contribution in [1.29, 1.82) is 0 Å². The molecular weight excluding hydrogens is 462 g/mol. The fourth-order valence-electron chi connectivity index (χ4n) is 3.05. The van der Waals surface area contributed by atoms with Gasteiger partial charge in [0.2, 0.25) is 5.91 Å². The van der Waals surface area contributed by atoms with E-state index in [4.69, 9.17) is 23.2 Å². The number of aromatic nitrogens is 1. The SMILES string of the molecule is O=C(CN1CCN(c2ncc(C(F)(F)F)cc2Cl)CC1)Nc1ccc([N+](=O)[O-])cc1Cl. The molecule has 31 heavy (non-hydrogen) atoms. The molecule has 1 N–H and O–H groups in total. The second kappa shape index (κ2) is 9.25. The van der Waals surface area contributed by atoms with Gasteiger partial charge in [-0.15, -0.1) is 0 Å². The van der Waals surface area contributed by atoms with Crippen molar-refractivity contribution >= 4 is 46.3 Å². The summed E-state index contributed by atoms with van der Waals surface area (Å²) in [6.07, 6.45) is -3.78. The van der Waals surface area contributed by atoms with Gasteiger partial charge in [0.05, 0.1) is 32.8 Å². The summed E-state index contributed by atoms with van der Waals surface area (Å²) >= 11 is 12.0. The highest BCUT2D eigenvalue weighted by Crippen LogP contribution is 2.33. The summed E-state index contributed by atoms with van der Waals surface area (Å²) in [5.74, 6) is -0.0914. The minimum atomic E-state index is -4.52. The highest BCUT2D eigenvalue weighted by Gasteiger charge is 2.32. The third kappa shape index (κ3) is 5.75. The van der Waals surface area contributed by atoms with Crippen LogP contribution >= 0.6 is 23.2 Å². The van der Waals surface area contributed by atoms with Crippen molar-refractivity contribution in [3.05, 3.63) is 56.2 Å². The van der Waals surface area contributed by atoms with Crippen LogP contribution < -0.4 is 10.2 Å². The molecule has 1 amide bonds. The first kappa shape index (κ1) is 23.0. The summed E-state index contributed by atoms with van der Waals surface area (Å²) in [4.78, 5) is 29.9. The Morgan fingerprint density at radius 3 is 2.39 bits per heavy atom. The molecule has 2 heterocycles. The number of nitrogens with one attached hydrogen (secondary N) is 1. The molecular formula is C18H16Cl2F3N5O3. The number of non-ortho nitro benzene ring substituents is 1. The van der Waals surface area contributed by atoms with Crippen molar-refractivity contribution in [2.75, 3.05) is 42.9 Å². The normalized spacial score (nSPS) is 15.1. The van der Waals surface area contributed by atoms with Gasteiger partial charge < -0.3 is 10.2 Å². The first-order chi connectivity index (χ1) is 14.5. The van der Waals surface area contributed by atoms with Gasteiger partial charge in [0.15, 0.2) is 0 Å². The minimum absolute atomic E-state index is 0.0509. The number of nitro groups is 1. The number of halogens is 5. The molecule has 1 fully saturated rings. The standard InChI is InChI=1S/C18H16Cl2F3N5O3/c19-13-8-12(28(30)31)1-2-15(13)25-16(29)10-26-3-5-27(6-4-26)17-14(20)7-11(9-24-17)18(21,22)23/h1-2,7-9H,3-6,10H2,(H,25,29). The molecule has 2 aromatic rings. The van der Waals surface area contributed by atoms with Gasteiger partial charge in [0.25, 0.3) is 5.69 Å². The molecule has 0 unspecified atom stereocenters. The van der Waals surface area contributed by atoms with E-state index < -0.39 is 16.7 Å². The third-order valence-electron chi connectivity index (χ3n) is 4.63. The average molecular weight is 478 g/mol. The van der Waals surface area contributed by atoms with E-state index >= 15 is 0 Å². The van der Waals surface area contributed by atoms with E-state index in [1.165, 1.54) is 12.1 Å². The summed E-state index contributed by atoms with van der Waals surface area (Å²) < 4.78 is 38.3. The van der Waals surface area contributed by atoms with Crippen LogP contribution in [-0.4, -0.2) is 53.4 Å². The smallest absolute Gasteiger partial charge is 0.353 e. The number of amides is 1. The molecule has 8 nitrogen and oxygen atoms in total. The van der Waals surface area contributed by atoms with Crippen molar-refractivity contribution < 1.29 is 22.9 Å². The third-order valence-corrected chi connectivity index (χ3v) is 5.22. The number of rotatable bonds is 5. The number of piperazine rings is 1. The summed E-state index contributed by atoms with van der Waals surface area (Å²) in [5.41, 5.74) is -0.840. The van der Waals surface area contributed by atoms with Crippen LogP contribution in [0.2, 0.25) is 10.0 Å². The number of hydrogen-bond acceptors (Lipinski definition) is 6. The molecule has 0 atom stereocenters. The van der Waals surface area contributed by atoms with E-state index in [1.807, 2.05) is 4.90 Å².